The summed E-state index contributed by atoms with van der Waals surface area (Å²) in [6.07, 6.45) is 2.16. The van der Waals surface area contributed by atoms with Gasteiger partial charge >= 0.3 is 6.03 Å². The molecule has 1 aliphatic rings. The lowest BCUT2D eigenvalue weighted by atomic mass is 9.91. The van der Waals surface area contributed by atoms with Gasteiger partial charge in [0.15, 0.2) is 0 Å². The Morgan fingerprint density at radius 2 is 2.05 bits per heavy atom. The van der Waals surface area contributed by atoms with Crippen LogP contribution in [-0.4, -0.2) is 48.6 Å². The number of carbonyl (C=O) groups is 2. The summed E-state index contributed by atoms with van der Waals surface area (Å²) in [6, 6.07) is -0.592. The van der Waals surface area contributed by atoms with Crippen LogP contribution in [0.15, 0.2) is 0 Å². The highest BCUT2D eigenvalue weighted by atomic mass is 35.5. The number of likely N-dealkylation sites (tertiary alicyclic amines) is 1. The lowest BCUT2D eigenvalue weighted by Crippen LogP contribution is -2.53. The number of rotatable bonds is 4. The SMILES string of the molecule is CCNC(=O)NC(=O)C(C)N1CCCC(C(C)N)C1.Cl. The van der Waals surface area contributed by atoms with Gasteiger partial charge in [-0.2, -0.15) is 0 Å². The van der Waals surface area contributed by atoms with Crippen molar-refractivity contribution in [2.75, 3.05) is 19.6 Å². The highest BCUT2D eigenvalue weighted by Crippen LogP contribution is 2.20. The van der Waals surface area contributed by atoms with Gasteiger partial charge in [-0.3, -0.25) is 15.0 Å². The number of hydrogen-bond donors (Lipinski definition) is 3. The number of carbonyl (C=O) groups excluding carboxylic acids is 2. The van der Waals surface area contributed by atoms with Gasteiger partial charge in [0.2, 0.25) is 5.91 Å². The molecule has 1 rings (SSSR count). The Labute approximate surface area is 127 Å². The summed E-state index contributed by atoms with van der Waals surface area (Å²) in [5.74, 6) is 0.171. The molecule has 1 heterocycles. The van der Waals surface area contributed by atoms with Crippen molar-refractivity contribution in [3.63, 3.8) is 0 Å². The average molecular weight is 307 g/mol. The third kappa shape index (κ3) is 5.64. The number of nitrogens with zero attached hydrogens (tertiary/aromatic N) is 1. The van der Waals surface area contributed by atoms with Crippen LogP contribution in [-0.2, 0) is 4.79 Å². The van der Waals surface area contributed by atoms with E-state index >= 15 is 0 Å². The molecule has 0 spiro atoms. The van der Waals surface area contributed by atoms with Crippen molar-refractivity contribution < 1.29 is 9.59 Å². The molecule has 1 aliphatic heterocycles. The van der Waals surface area contributed by atoms with E-state index in [9.17, 15) is 9.59 Å². The standard InChI is InChI=1S/C13H26N4O2.ClH/c1-4-15-13(19)16-12(18)10(3)17-7-5-6-11(8-17)9(2)14;/h9-11H,4-8,14H2,1-3H3,(H2,15,16,18,19);1H. The van der Waals surface area contributed by atoms with Crippen LogP contribution < -0.4 is 16.4 Å². The molecule has 0 aromatic carbocycles. The summed E-state index contributed by atoms with van der Waals surface area (Å²) in [7, 11) is 0. The van der Waals surface area contributed by atoms with E-state index in [0.29, 0.717) is 12.5 Å². The van der Waals surface area contributed by atoms with Crippen LogP contribution in [0.1, 0.15) is 33.6 Å². The van der Waals surface area contributed by atoms with E-state index in [1.54, 1.807) is 0 Å². The summed E-state index contributed by atoms with van der Waals surface area (Å²) in [4.78, 5) is 25.4. The number of urea groups is 1. The summed E-state index contributed by atoms with van der Waals surface area (Å²) in [6.45, 7) is 7.86. The van der Waals surface area contributed by atoms with Crippen molar-refractivity contribution >= 4 is 24.3 Å². The first-order chi connectivity index (χ1) is 8.95. The minimum atomic E-state index is -0.430. The number of piperidine rings is 1. The Morgan fingerprint density at radius 1 is 1.40 bits per heavy atom. The highest BCUT2D eigenvalue weighted by Gasteiger charge is 2.29. The molecule has 0 radical (unpaired) electrons. The van der Waals surface area contributed by atoms with Gasteiger partial charge in [-0.05, 0) is 46.1 Å². The van der Waals surface area contributed by atoms with E-state index in [2.05, 4.69) is 15.5 Å². The Hall–Kier alpha value is -0.850. The average Bonchev–Trinajstić information content (AvgIpc) is 2.38. The van der Waals surface area contributed by atoms with Crippen LogP contribution >= 0.6 is 12.4 Å². The molecule has 1 saturated heterocycles. The molecule has 20 heavy (non-hydrogen) atoms. The third-order valence-electron chi connectivity index (χ3n) is 3.73. The van der Waals surface area contributed by atoms with Crippen molar-refractivity contribution in [3.05, 3.63) is 0 Å². The van der Waals surface area contributed by atoms with E-state index in [1.807, 2.05) is 20.8 Å². The second kappa shape index (κ2) is 9.15. The number of imide groups is 1. The molecule has 0 aromatic rings. The molecule has 1 fully saturated rings. The largest absolute Gasteiger partial charge is 0.338 e. The van der Waals surface area contributed by atoms with Gasteiger partial charge in [-0.25, -0.2) is 4.79 Å². The first kappa shape index (κ1) is 19.1. The Balaban J connectivity index is 0.00000361. The molecule has 0 saturated carbocycles. The fourth-order valence-corrected chi connectivity index (χ4v) is 2.41. The Morgan fingerprint density at radius 3 is 2.60 bits per heavy atom. The van der Waals surface area contributed by atoms with Crippen LogP contribution in [0.4, 0.5) is 4.79 Å². The maximum Gasteiger partial charge on any atom is 0.321 e. The predicted molar refractivity (Wildman–Crippen MR) is 81.9 cm³/mol. The molecular weight excluding hydrogens is 280 g/mol. The lowest BCUT2D eigenvalue weighted by molar-refractivity contribution is -0.125. The molecule has 0 aromatic heterocycles. The fourth-order valence-electron chi connectivity index (χ4n) is 2.41. The fraction of sp³-hybridized carbons (Fsp3) is 0.846. The maximum atomic E-state index is 12.0. The van der Waals surface area contributed by atoms with Gasteiger partial charge in [0.05, 0.1) is 6.04 Å². The van der Waals surface area contributed by atoms with Gasteiger partial charge in [-0.1, -0.05) is 0 Å². The zero-order chi connectivity index (χ0) is 14.4. The number of nitrogens with two attached hydrogens (primary N) is 1. The predicted octanol–water partition coefficient (Wildman–Crippen LogP) is 0.702. The van der Waals surface area contributed by atoms with E-state index in [4.69, 9.17) is 5.73 Å². The molecule has 0 bridgehead atoms. The zero-order valence-electron chi connectivity index (χ0n) is 12.5. The van der Waals surface area contributed by atoms with Gasteiger partial charge in [0.25, 0.3) is 0 Å². The van der Waals surface area contributed by atoms with Crippen LogP contribution in [0.2, 0.25) is 0 Å². The summed E-state index contributed by atoms with van der Waals surface area (Å²) >= 11 is 0. The quantitative estimate of drug-likeness (QED) is 0.713. The number of nitrogens with one attached hydrogen (secondary N) is 2. The van der Waals surface area contributed by atoms with E-state index in [1.165, 1.54) is 0 Å². The minimum Gasteiger partial charge on any atom is -0.338 e. The topological polar surface area (TPSA) is 87.5 Å². The molecule has 3 atom stereocenters. The molecule has 3 amide bonds. The summed E-state index contributed by atoms with van der Waals surface area (Å²) in [5, 5.41) is 4.91. The summed E-state index contributed by atoms with van der Waals surface area (Å²) < 4.78 is 0. The van der Waals surface area contributed by atoms with Crippen LogP contribution in [0, 0.1) is 5.92 Å². The molecule has 6 nitrogen and oxygen atoms in total. The van der Waals surface area contributed by atoms with E-state index in [-0.39, 0.29) is 30.4 Å². The number of amides is 3. The smallest absolute Gasteiger partial charge is 0.321 e. The van der Waals surface area contributed by atoms with E-state index < -0.39 is 6.03 Å². The maximum absolute atomic E-state index is 12.0. The minimum absolute atomic E-state index is 0. The van der Waals surface area contributed by atoms with Gasteiger partial charge in [0, 0.05) is 19.1 Å². The molecule has 0 aliphatic carbocycles. The lowest BCUT2D eigenvalue weighted by Gasteiger charge is -2.37. The molecule has 7 heteroatoms. The molecule has 3 unspecified atom stereocenters. The van der Waals surface area contributed by atoms with Crippen molar-refractivity contribution in [1.82, 2.24) is 15.5 Å². The van der Waals surface area contributed by atoms with E-state index in [0.717, 1.165) is 25.9 Å². The Kier molecular flexibility index (Phi) is 8.76. The van der Waals surface area contributed by atoms with Crippen molar-refractivity contribution in [2.45, 2.75) is 45.7 Å². The van der Waals surface area contributed by atoms with Gasteiger partial charge < -0.3 is 11.1 Å². The normalized spacial score (nSPS) is 22.3. The number of halogens is 1. The number of hydrogen-bond acceptors (Lipinski definition) is 4. The molecule has 4 N–H and O–H groups in total. The highest BCUT2D eigenvalue weighted by molar-refractivity contribution is 5.96. The monoisotopic (exact) mass is 306 g/mol. The van der Waals surface area contributed by atoms with Crippen LogP contribution in [0.5, 0.6) is 0 Å². The van der Waals surface area contributed by atoms with Crippen molar-refractivity contribution in [2.24, 2.45) is 11.7 Å². The zero-order valence-corrected chi connectivity index (χ0v) is 13.3. The van der Waals surface area contributed by atoms with Gasteiger partial charge in [0.1, 0.15) is 0 Å². The first-order valence-electron chi connectivity index (χ1n) is 7.04. The van der Waals surface area contributed by atoms with Crippen molar-refractivity contribution in [1.29, 1.82) is 0 Å². The van der Waals surface area contributed by atoms with Crippen LogP contribution in [0.3, 0.4) is 0 Å². The molecular formula is C13H27ClN4O2. The van der Waals surface area contributed by atoms with Crippen molar-refractivity contribution in [3.8, 4) is 0 Å². The summed E-state index contributed by atoms with van der Waals surface area (Å²) in [5.41, 5.74) is 5.93. The second-order valence-electron chi connectivity index (χ2n) is 5.28. The van der Waals surface area contributed by atoms with Crippen LogP contribution in [0.25, 0.3) is 0 Å². The van der Waals surface area contributed by atoms with Gasteiger partial charge in [-0.15, -0.1) is 12.4 Å². The Bertz CT molecular complexity index is 325. The first-order valence-corrected chi connectivity index (χ1v) is 7.04. The molecule has 118 valence electrons. The third-order valence-corrected chi connectivity index (χ3v) is 3.73. The second-order valence-corrected chi connectivity index (χ2v) is 5.28.